The van der Waals surface area contributed by atoms with Gasteiger partial charge in [0.05, 0.1) is 11.5 Å². The molecular formula is C20H30O3. The molecule has 2 N–H and O–H groups in total. The molecule has 1 spiro atoms. The Morgan fingerprint density at radius 1 is 1.22 bits per heavy atom. The molecule has 128 valence electrons. The van der Waals surface area contributed by atoms with Crippen LogP contribution in [0.5, 0.6) is 0 Å². The number of rotatable bonds is 1. The van der Waals surface area contributed by atoms with Crippen LogP contribution in [0.1, 0.15) is 58.8 Å². The van der Waals surface area contributed by atoms with Gasteiger partial charge in [0.25, 0.3) is 0 Å². The van der Waals surface area contributed by atoms with E-state index in [0.717, 1.165) is 44.1 Å². The van der Waals surface area contributed by atoms with Crippen LogP contribution in [0, 0.1) is 34.0 Å². The van der Waals surface area contributed by atoms with E-state index in [2.05, 4.69) is 20.4 Å². The second-order valence-electron chi connectivity index (χ2n) is 9.40. The summed E-state index contributed by atoms with van der Waals surface area (Å²) in [5.74, 6) is 1.00. The number of carbonyl (C=O) groups excluding carboxylic acids is 1. The van der Waals surface area contributed by atoms with Crippen molar-refractivity contribution in [1.29, 1.82) is 0 Å². The molecule has 4 aliphatic rings. The molecule has 23 heavy (non-hydrogen) atoms. The van der Waals surface area contributed by atoms with E-state index in [9.17, 15) is 15.0 Å². The zero-order valence-corrected chi connectivity index (χ0v) is 14.5. The van der Waals surface area contributed by atoms with Crippen LogP contribution in [-0.4, -0.2) is 28.7 Å². The Kier molecular flexibility index (Phi) is 3.23. The largest absolute Gasteiger partial charge is 0.396 e. The van der Waals surface area contributed by atoms with Crippen molar-refractivity contribution >= 4 is 5.78 Å². The second-order valence-corrected chi connectivity index (χ2v) is 9.40. The normalized spacial score (nSPS) is 55.5. The van der Waals surface area contributed by atoms with Gasteiger partial charge in [0, 0.05) is 6.61 Å². The maximum atomic E-state index is 13.1. The number of hydrogen-bond donors (Lipinski definition) is 2. The molecule has 2 bridgehead atoms. The Labute approximate surface area is 139 Å². The Morgan fingerprint density at radius 2 is 1.96 bits per heavy atom. The lowest BCUT2D eigenvalue weighted by molar-refractivity contribution is -0.204. The van der Waals surface area contributed by atoms with Gasteiger partial charge in [-0.1, -0.05) is 26.8 Å². The smallest absolute Gasteiger partial charge is 0.167 e. The van der Waals surface area contributed by atoms with Gasteiger partial charge in [0.15, 0.2) is 5.78 Å². The molecule has 0 aliphatic heterocycles. The predicted octanol–water partition coefficient (Wildman–Crippen LogP) is 3.10. The number of aliphatic hydroxyl groups excluding tert-OH is 2. The number of hydrogen-bond acceptors (Lipinski definition) is 3. The second kappa shape index (κ2) is 4.70. The molecule has 4 saturated carbocycles. The lowest BCUT2D eigenvalue weighted by Gasteiger charge is -2.64. The first-order valence-electron chi connectivity index (χ1n) is 9.32. The highest BCUT2D eigenvalue weighted by Gasteiger charge is 2.70. The maximum absolute atomic E-state index is 13.1. The Balaban J connectivity index is 1.83. The molecule has 3 heteroatoms. The third-order valence-electron chi connectivity index (χ3n) is 8.53. The molecule has 0 heterocycles. The Hall–Kier alpha value is -0.670. The van der Waals surface area contributed by atoms with Crippen molar-refractivity contribution in [2.75, 3.05) is 6.61 Å². The zero-order chi connectivity index (χ0) is 16.6. The number of Topliss-reactive ketones (excluding diaryl/α,β-unsaturated/α-hetero) is 1. The highest BCUT2D eigenvalue weighted by atomic mass is 16.3. The van der Waals surface area contributed by atoms with Gasteiger partial charge in [-0.25, -0.2) is 0 Å². The average molecular weight is 318 g/mol. The molecular weight excluding hydrogens is 288 g/mol. The van der Waals surface area contributed by atoms with E-state index in [0.29, 0.717) is 18.3 Å². The number of aliphatic hydroxyl groups is 2. The van der Waals surface area contributed by atoms with Crippen LogP contribution in [-0.2, 0) is 4.79 Å². The first-order chi connectivity index (χ1) is 10.8. The molecule has 4 fully saturated rings. The van der Waals surface area contributed by atoms with Crippen molar-refractivity contribution < 1.29 is 15.0 Å². The molecule has 7 atom stereocenters. The molecule has 0 amide bonds. The summed E-state index contributed by atoms with van der Waals surface area (Å²) in [6.07, 6.45) is 6.25. The lowest BCUT2D eigenvalue weighted by Crippen LogP contribution is -2.63. The van der Waals surface area contributed by atoms with E-state index in [1.807, 2.05) is 0 Å². The minimum Gasteiger partial charge on any atom is -0.396 e. The molecule has 0 aromatic carbocycles. The van der Waals surface area contributed by atoms with Crippen molar-refractivity contribution in [1.82, 2.24) is 0 Å². The van der Waals surface area contributed by atoms with E-state index < -0.39 is 11.5 Å². The molecule has 3 nitrogen and oxygen atoms in total. The zero-order valence-electron chi connectivity index (χ0n) is 14.5. The summed E-state index contributed by atoms with van der Waals surface area (Å²) in [7, 11) is 0. The first-order valence-corrected chi connectivity index (χ1v) is 9.32. The van der Waals surface area contributed by atoms with Gasteiger partial charge in [0.1, 0.15) is 0 Å². The van der Waals surface area contributed by atoms with Gasteiger partial charge in [-0.2, -0.15) is 0 Å². The summed E-state index contributed by atoms with van der Waals surface area (Å²) >= 11 is 0. The van der Waals surface area contributed by atoms with Gasteiger partial charge < -0.3 is 10.2 Å². The summed E-state index contributed by atoms with van der Waals surface area (Å²) in [5, 5.41) is 21.2. The van der Waals surface area contributed by atoms with Crippen LogP contribution in [0.25, 0.3) is 0 Å². The number of carbonyl (C=O) groups is 1. The van der Waals surface area contributed by atoms with Gasteiger partial charge in [-0.15, -0.1) is 0 Å². The molecule has 0 aromatic heterocycles. The molecule has 0 saturated heterocycles. The molecule has 0 radical (unpaired) electrons. The van der Waals surface area contributed by atoms with Crippen LogP contribution >= 0.6 is 0 Å². The van der Waals surface area contributed by atoms with E-state index in [1.165, 1.54) is 0 Å². The van der Waals surface area contributed by atoms with Crippen molar-refractivity contribution in [2.45, 2.75) is 64.9 Å². The van der Waals surface area contributed by atoms with Crippen LogP contribution in [0.3, 0.4) is 0 Å². The van der Waals surface area contributed by atoms with E-state index in [1.54, 1.807) is 0 Å². The summed E-state index contributed by atoms with van der Waals surface area (Å²) < 4.78 is 0. The fourth-order valence-electron chi connectivity index (χ4n) is 7.36. The van der Waals surface area contributed by atoms with Crippen LogP contribution in [0.2, 0.25) is 0 Å². The van der Waals surface area contributed by atoms with Crippen molar-refractivity contribution in [3.63, 3.8) is 0 Å². The highest BCUT2D eigenvalue weighted by molar-refractivity contribution is 6.03. The van der Waals surface area contributed by atoms with Gasteiger partial charge in [-0.05, 0) is 72.7 Å². The maximum Gasteiger partial charge on any atom is 0.167 e. The van der Waals surface area contributed by atoms with Gasteiger partial charge >= 0.3 is 0 Å². The number of allylic oxidation sites excluding steroid dienone is 1. The third-order valence-corrected chi connectivity index (χ3v) is 8.53. The molecule has 4 aliphatic carbocycles. The Morgan fingerprint density at radius 3 is 2.65 bits per heavy atom. The average Bonchev–Trinajstić information content (AvgIpc) is 2.72. The summed E-state index contributed by atoms with van der Waals surface area (Å²) in [4.78, 5) is 13.1. The SMILES string of the molecule is C=C1C(=O)[C@]23C[C@H]1CC[C@H]2[C@]1(C)CCC[C@](C)(CO)[C@H]1C[C@H]3O. The summed E-state index contributed by atoms with van der Waals surface area (Å²) in [5.41, 5.74) is 0.138. The summed E-state index contributed by atoms with van der Waals surface area (Å²) in [6, 6.07) is 0. The monoisotopic (exact) mass is 318 g/mol. The number of ketones is 1. The van der Waals surface area contributed by atoms with Crippen LogP contribution in [0.15, 0.2) is 12.2 Å². The third kappa shape index (κ3) is 1.71. The highest BCUT2D eigenvalue weighted by Crippen LogP contribution is 2.70. The van der Waals surface area contributed by atoms with Crippen molar-refractivity contribution in [3.05, 3.63) is 12.2 Å². The van der Waals surface area contributed by atoms with Gasteiger partial charge in [-0.3, -0.25) is 4.79 Å². The van der Waals surface area contributed by atoms with Gasteiger partial charge in [0.2, 0.25) is 0 Å². The van der Waals surface area contributed by atoms with E-state index >= 15 is 0 Å². The fraction of sp³-hybridized carbons (Fsp3) is 0.850. The minimum absolute atomic E-state index is 0.0558. The topological polar surface area (TPSA) is 57.5 Å². The molecule has 0 aromatic rings. The quantitative estimate of drug-likeness (QED) is 0.731. The van der Waals surface area contributed by atoms with E-state index in [4.69, 9.17) is 0 Å². The van der Waals surface area contributed by atoms with Crippen molar-refractivity contribution in [3.8, 4) is 0 Å². The van der Waals surface area contributed by atoms with E-state index in [-0.39, 0.29) is 29.1 Å². The Bertz CT molecular complexity index is 569. The standard InChI is InChI=1S/C20H30O3/c1-12-13-5-6-14-19(3)8-4-7-18(2,11-21)15(19)9-16(22)20(14,10-13)17(12)23/h13-16,21-22H,1,4-11H2,2-3H3/t13-,14+,15-,16-,18-,19+,20-/m1/s1. The number of fused-ring (bicyclic) bond motifs is 3. The first kappa shape index (κ1) is 15.8. The minimum atomic E-state index is -0.570. The molecule has 0 unspecified atom stereocenters. The lowest BCUT2D eigenvalue weighted by atomic mass is 9.40. The fourth-order valence-corrected chi connectivity index (χ4v) is 7.36. The summed E-state index contributed by atoms with van der Waals surface area (Å²) in [6.45, 7) is 8.78. The molecule has 4 rings (SSSR count). The predicted molar refractivity (Wildman–Crippen MR) is 88.7 cm³/mol. The van der Waals surface area contributed by atoms with Crippen LogP contribution in [0.4, 0.5) is 0 Å². The van der Waals surface area contributed by atoms with Crippen molar-refractivity contribution in [2.24, 2.45) is 34.0 Å². The van der Waals surface area contributed by atoms with Crippen LogP contribution < -0.4 is 0 Å².